The number of nitrogens with zero attached hydrogens (tertiary/aromatic N) is 1. The number of ether oxygens (including phenoxy) is 3. The van der Waals surface area contributed by atoms with Gasteiger partial charge in [0.15, 0.2) is 11.5 Å². The molecule has 1 aliphatic heterocycles. The minimum absolute atomic E-state index is 0.0729. The molecule has 8 heteroatoms. The molecule has 1 aliphatic rings. The van der Waals surface area contributed by atoms with Crippen LogP contribution < -0.4 is 14.2 Å². The number of halogens is 1. The molecule has 0 aliphatic carbocycles. The summed E-state index contributed by atoms with van der Waals surface area (Å²) < 4.78 is 18.5. The standard InChI is InChI=1S/C22H22BrNO4S2/c1-4-24-21(25)19(30-22(24)29)13-15-11-16(23)20(18(12-15)26-3)28-10-9-27-17-8-6-5-7-14(17)2/h5-8,11-13H,4,9-10H2,1-3H3. The van der Waals surface area contributed by atoms with Crippen molar-refractivity contribution in [2.45, 2.75) is 13.8 Å². The number of carbonyl (C=O) groups is 1. The molecule has 0 radical (unpaired) electrons. The van der Waals surface area contributed by atoms with Crippen molar-refractivity contribution in [1.82, 2.24) is 4.90 Å². The molecule has 0 bridgehead atoms. The maximum atomic E-state index is 12.4. The fourth-order valence-corrected chi connectivity index (χ4v) is 4.86. The number of para-hydroxylation sites is 1. The fraction of sp³-hybridized carbons (Fsp3) is 0.273. The second-order valence-electron chi connectivity index (χ2n) is 6.42. The van der Waals surface area contributed by atoms with E-state index < -0.39 is 0 Å². The van der Waals surface area contributed by atoms with E-state index in [0.29, 0.717) is 40.5 Å². The van der Waals surface area contributed by atoms with Gasteiger partial charge in [0.05, 0.1) is 16.5 Å². The number of methoxy groups -OCH3 is 1. The lowest BCUT2D eigenvalue weighted by molar-refractivity contribution is -0.121. The van der Waals surface area contributed by atoms with Gasteiger partial charge in [-0.25, -0.2) is 0 Å². The van der Waals surface area contributed by atoms with Crippen LogP contribution in [0.15, 0.2) is 45.8 Å². The van der Waals surface area contributed by atoms with Gasteiger partial charge in [-0.3, -0.25) is 9.69 Å². The molecule has 3 rings (SSSR count). The van der Waals surface area contributed by atoms with E-state index >= 15 is 0 Å². The van der Waals surface area contributed by atoms with Crippen LogP contribution in [-0.2, 0) is 4.79 Å². The molecule has 2 aromatic carbocycles. The van der Waals surface area contributed by atoms with Crippen LogP contribution in [-0.4, -0.2) is 42.0 Å². The Morgan fingerprint density at radius 3 is 2.57 bits per heavy atom. The lowest BCUT2D eigenvalue weighted by atomic mass is 10.2. The van der Waals surface area contributed by atoms with Crippen LogP contribution in [0.25, 0.3) is 6.08 Å². The summed E-state index contributed by atoms with van der Waals surface area (Å²) in [6, 6.07) is 11.6. The zero-order valence-corrected chi connectivity index (χ0v) is 20.2. The average Bonchev–Trinajstić information content (AvgIpc) is 2.99. The predicted octanol–water partition coefficient (Wildman–Crippen LogP) is 5.45. The molecule has 1 amide bonds. The first-order valence-electron chi connectivity index (χ1n) is 9.38. The van der Waals surface area contributed by atoms with E-state index in [0.717, 1.165) is 21.3 Å². The molecule has 0 spiro atoms. The Hall–Kier alpha value is -2.03. The van der Waals surface area contributed by atoms with Crippen molar-refractivity contribution in [3.63, 3.8) is 0 Å². The minimum atomic E-state index is -0.0729. The maximum Gasteiger partial charge on any atom is 0.266 e. The molecule has 1 fully saturated rings. The monoisotopic (exact) mass is 507 g/mol. The number of amides is 1. The molecular weight excluding hydrogens is 486 g/mol. The van der Waals surface area contributed by atoms with Crippen LogP contribution in [0.3, 0.4) is 0 Å². The Kier molecular flexibility index (Phi) is 7.80. The first kappa shape index (κ1) is 22.7. The number of hydrogen-bond acceptors (Lipinski definition) is 6. The maximum absolute atomic E-state index is 12.4. The summed E-state index contributed by atoms with van der Waals surface area (Å²) in [4.78, 5) is 14.6. The van der Waals surface area contributed by atoms with Gasteiger partial charge in [-0.15, -0.1) is 0 Å². The summed E-state index contributed by atoms with van der Waals surface area (Å²) in [5.41, 5.74) is 1.90. The first-order chi connectivity index (χ1) is 14.4. The van der Waals surface area contributed by atoms with E-state index in [9.17, 15) is 4.79 Å². The number of rotatable bonds is 8. The summed E-state index contributed by atoms with van der Waals surface area (Å²) in [7, 11) is 1.58. The zero-order valence-electron chi connectivity index (χ0n) is 16.9. The quantitative estimate of drug-likeness (QED) is 0.269. The Labute approximate surface area is 194 Å². The second-order valence-corrected chi connectivity index (χ2v) is 8.95. The molecule has 0 aromatic heterocycles. The molecule has 0 atom stereocenters. The predicted molar refractivity (Wildman–Crippen MR) is 128 cm³/mol. The van der Waals surface area contributed by atoms with E-state index in [1.54, 1.807) is 12.0 Å². The number of benzene rings is 2. The van der Waals surface area contributed by atoms with E-state index in [4.69, 9.17) is 26.4 Å². The van der Waals surface area contributed by atoms with Crippen molar-refractivity contribution in [1.29, 1.82) is 0 Å². The first-order valence-corrected chi connectivity index (χ1v) is 11.4. The summed E-state index contributed by atoms with van der Waals surface area (Å²) >= 11 is 10.1. The highest BCUT2D eigenvalue weighted by atomic mass is 79.9. The zero-order chi connectivity index (χ0) is 21.7. The number of thioether (sulfide) groups is 1. The van der Waals surface area contributed by atoms with E-state index in [2.05, 4.69) is 15.9 Å². The van der Waals surface area contributed by atoms with Crippen LogP contribution in [0, 0.1) is 6.92 Å². The number of carbonyl (C=O) groups excluding carboxylic acids is 1. The highest BCUT2D eigenvalue weighted by Crippen LogP contribution is 2.39. The smallest absolute Gasteiger partial charge is 0.266 e. The molecule has 5 nitrogen and oxygen atoms in total. The third kappa shape index (κ3) is 5.17. The largest absolute Gasteiger partial charge is 0.493 e. The molecule has 1 saturated heterocycles. The van der Waals surface area contributed by atoms with E-state index in [1.165, 1.54) is 11.8 Å². The molecule has 1 heterocycles. The van der Waals surface area contributed by atoms with Crippen molar-refractivity contribution in [3.05, 3.63) is 56.9 Å². The third-order valence-electron chi connectivity index (χ3n) is 4.42. The Morgan fingerprint density at radius 1 is 1.17 bits per heavy atom. The van der Waals surface area contributed by atoms with E-state index in [1.807, 2.05) is 56.3 Å². The highest BCUT2D eigenvalue weighted by molar-refractivity contribution is 9.10. The second kappa shape index (κ2) is 10.3. The molecule has 2 aromatic rings. The van der Waals surface area contributed by atoms with Gasteiger partial charge in [0, 0.05) is 6.54 Å². The van der Waals surface area contributed by atoms with Gasteiger partial charge in [0.1, 0.15) is 23.3 Å². The van der Waals surface area contributed by atoms with Crippen molar-refractivity contribution >= 4 is 56.2 Å². The normalized spacial score (nSPS) is 15.1. The van der Waals surface area contributed by atoms with Gasteiger partial charge < -0.3 is 14.2 Å². The molecular formula is C22H22BrNO4S2. The summed E-state index contributed by atoms with van der Waals surface area (Å²) in [5.74, 6) is 1.92. The number of thiocarbonyl (C=S) groups is 1. The van der Waals surface area contributed by atoms with Gasteiger partial charge in [-0.2, -0.15) is 0 Å². The topological polar surface area (TPSA) is 48.0 Å². The van der Waals surface area contributed by atoms with Crippen molar-refractivity contribution in [2.75, 3.05) is 26.9 Å². The van der Waals surface area contributed by atoms with Crippen molar-refractivity contribution < 1.29 is 19.0 Å². The Balaban J connectivity index is 1.70. The van der Waals surface area contributed by atoms with Crippen LogP contribution in [0.5, 0.6) is 17.2 Å². The average molecular weight is 508 g/mol. The number of aryl methyl sites for hydroxylation is 1. The minimum Gasteiger partial charge on any atom is -0.493 e. The van der Waals surface area contributed by atoms with Gasteiger partial charge in [0.2, 0.25) is 0 Å². The third-order valence-corrected chi connectivity index (χ3v) is 6.39. The van der Waals surface area contributed by atoms with Crippen LogP contribution >= 0.6 is 39.9 Å². The van der Waals surface area contributed by atoms with Crippen LogP contribution in [0.4, 0.5) is 0 Å². The number of hydrogen-bond donors (Lipinski definition) is 0. The summed E-state index contributed by atoms with van der Waals surface area (Å²) in [5, 5.41) is 0. The molecule has 0 saturated carbocycles. The Bertz CT molecular complexity index is 993. The molecule has 0 N–H and O–H groups in total. The van der Waals surface area contributed by atoms with E-state index in [-0.39, 0.29) is 5.91 Å². The summed E-state index contributed by atoms with van der Waals surface area (Å²) in [6.07, 6.45) is 1.81. The van der Waals surface area contributed by atoms with Crippen LogP contribution in [0.2, 0.25) is 0 Å². The fourth-order valence-electron chi connectivity index (χ4n) is 2.90. The summed E-state index contributed by atoms with van der Waals surface area (Å²) in [6.45, 7) is 5.23. The lowest BCUT2D eigenvalue weighted by Gasteiger charge is -2.14. The van der Waals surface area contributed by atoms with Gasteiger partial charge in [-0.1, -0.05) is 42.2 Å². The lowest BCUT2D eigenvalue weighted by Crippen LogP contribution is -2.27. The van der Waals surface area contributed by atoms with Gasteiger partial charge in [0.25, 0.3) is 5.91 Å². The SMILES string of the molecule is CCN1C(=O)C(=Cc2cc(Br)c(OCCOc3ccccc3C)c(OC)c2)SC1=S. The Morgan fingerprint density at radius 2 is 1.90 bits per heavy atom. The van der Waals surface area contributed by atoms with Gasteiger partial charge >= 0.3 is 0 Å². The molecule has 30 heavy (non-hydrogen) atoms. The van der Waals surface area contributed by atoms with Crippen LogP contribution in [0.1, 0.15) is 18.1 Å². The van der Waals surface area contributed by atoms with Crippen molar-refractivity contribution in [2.24, 2.45) is 0 Å². The highest BCUT2D eigenvalue weighted by Gasteiger charge is 2.30. The number of likely N-dealkylation sites (N-methyl/N-ethyl adjacent to an activating group) is 1. The van der Waals surface area contributed by atoms with Crippen molar-refractivity contribution in [3.8, 4) is 17.2 Å². The molecule has 0 unspecified atom stereocenters. The molecule has 158 valence electrons. The van der Waals surface area contributed by atoms with Gasteiger partial charge in [-0.05, 0) is 65.2 Å².